The fraction of sp³-hybridized carbons (Fsp3) is 0.357. The van der Waals surface area contributed by atoms with Crippen LogP contribution in [0.3, 0.4) is 0 Å². The van der Waals surface area contributed by atoms with E-state index in [0.29, 0.717) is 22.5 Å². The van der Waals surface area contributed by atoms with E-state index in [0.717, 1.165) is 48.4 Å². The summed E-state index contributed by atoms with van der Waals surface area (Å²) in [5.41, 5.74) is 3.88. The second-order valence-corrected chi connectivity index (χ2v) is 12.2. The van der Waals surface area contributed by atoms with Crippen LogP contribution in [-0.2, 0) is 16.3 Å². The van der Waals surface area contributed by atoms with Crippen LogP contribution in [0.4, 0.5) is 10.2 Å². The first-order chi connectivity index (χ1) is 18.6. The van der Waals surface area contributed by atoms with Crippen LogP contribution < -0.4 is 10.2 Å². The summed E-state index contributed by atoms with van der Waals surface area (Å²) in [6.45, 7) is 4.72. The van der Waals surface area contributed by atoms with E-state index in [1.54, 1.807) is 41.0 Å². The standard InChI is InChI=1S/C20H21FN6O.C8H10O2S/c1-12-4-5-16-14(9-13(21)10-22-16)17-3-2-7-26(17)18-6-8-27-19(25-18)15(11-23-27)20(28)24-12;1-7-3-5-8(6-4-7)11(2,9)10/h6,8-12,17H,2-5,7H2,1H3,(H,24,28);3-6H,1-2H3/t12-,17-;/m1./s1. The van der Waals surface area contributed by atoms with Crippen molar-refractivity contribution >= 4 is 27.2 Å². The minimum atomic E-state index is -3.02. The molecule has 2 aliphatic rings. The van der Waals surface area contributed by atoms with Gasteiger partial charge in [-0.2, -0.15) is 5.10 Å². The van der Waals surface area contributed by atoms with Gasteiger partial charge in [0.25, 0.3) is 5.91 Å². The highest BCUT2D eigenvalue weighted by atomic mass is 32.2. The number of rotatable bonds is 1. The number of aromatic nitrogens is 4. The molecule has 0 spiro atoms. The number of halogens is 1. The van der Waals surface area contributed by atoms with Crippen LogP contribution in [0, 0.1) is 12.7 Å². The first-order valence-electron chi connectivity index (χ1n) is 12.9. The van der Waals surface area contributed by atoms with Gasteiger partial charge in [0.2, 0.25) is 0 Å². The zero-order chi connectivity index (χ0) is 27.7. The Kier molecular flexibility index (Phi) is 7.35. The van der Waals surface area contributed by atoms with Crippen LogP contribution in [0.15, 0.2) is 59.9 Å². The first kappa shape index (κ1) is 26.7. The van der Waals surface area contributed by atoms with Crippen LogP contribution in [0.5, 0.6) is 0 Å². The molecule has 0 radical (unpaired) electrons. The number of hydrogen-bond donors (Lipinski definition) is 1. The molecular formula is C28H31FN6O3S. The van der Waals surface area contributed by atoms with Crippen LogP contribution in [0.1, 0.15) is 59.4 Å². The molecule has 39 heavy (non-hydrogen) atoms. The summed E-state index contributed by atoms with van der Waals surface area (Å²) >= 11 is 0. The van der Waals surface area contributed by atoms with E-state index in [2.05, 4.69) is 20.3 Å². The highest BCUT2D eigenvalue weighted by Crippen LogP contribution is 2.37. The second kappa shape index (κ2) is 10.7. The number of pyridine rings is 1. The molecule has 1 aromatic carbocycles. The smallest absolute Gasteiger partial charge is 0.256 e. The molecule has 2 atom stereocenters. The molecule has 0 saturated carbocycles. The number of carbonyl (C=O) groups excluding carboxylic acids is 1. The van der Waals surface area contributed by atoms with Crippen molar-refractivity contribution in [2.75, 3.05) is 17.7 Å². The zero-order valence-electron chi connectivity index (χ0n) is 22.1. The summed E-state index contributed by atoms with van der Waals surface area (Å²) in [6, 6.07) is 10.3. The topological polar surface area (TPSA) is 110 Å². The average molecular weight is 551 g/mol. The van der Waals surface area contributed by atoms with E-state index < -0.39 is 9.84 Å². The van der Waals surface area contributed by atoms with Crippen LogP contribution >= 0.6 is 0 Å². The van der Waals surface area contributed by atoms with Gasteiger partial charge >= 0.3 is 0 Å². The number of nitrogens with zero attached hydrogens (tertiary/aromatic N) is 5. The molecule has 9 nitrogen and oxygen atoms in total. The summed E-state index contributed by atoms with van der Waals surface area (Å²) in [7, 11) is -3.02. The van der Waals surface area contributed by atoms with Crippen molar-refractivity contribution in [3.8, 4) is 0 Å². The number of hydrogen-bond acceptors (Lipinski definition) is 7. The van der Waals surface area contributed by atoms with E-state index >= 15 is 0 Å². The predicted molar refractivity (Wildman–Crippen MR) is 146 cm³/mol. The minimum absolute atomic E-state index is 0.0271. The molecule has 4 aromatic rings. The van der Waals surface area contributed by atoms with Crippen LogP contribution in [-0.4, -0.2) is 52.7 Å². The van der Waals surface area contributed by atoms with Gasteiger partial charge in [-0.15, -0.1) is 0 Å². The Bertz CT molecular complexity index is 1620. The zero-order valence-corrected chi connectivity index (χ0v) is 22.9. The molecule has 1 fully saturated rings. The maximum absolute atomic E-state index is 14.1. The van der Waals surface area contributed by atoms with Crippen molar-refractivity contribution in [1.82, 2.24) is 24.9 Å². The summed E-state index contributed by atoms with van der Waals surface area (Å²) in [5.74, 6) is 0.265. The largest absolute Gasteiger partial charge is 0.349 e. The van der Waals surface area contributed by atoms with E-state index in [1.165, 1.54) is 12.5 Å². The third-order valence-electron chi connectivity index (χ3n) is 7.12. The van der Waals surface area contributed by atoms with Gasteiger partial charge in [0.1, 0.15) is 17.2 Å². The molecule has 0 unspecified atom stereocenters. The number of benzene rings is 1. The Morgan fingerprint density at radius 3 is 2.62 bits per heavy atom. The molecule has 6 rings (SSSR count). The van der Waals surface area contributed by atoms with Gasteiger partial charge in [-0.25, -0.2) is 22.3 Å². The Morgan fingerprint density at radius 2 is 1.87 bits per heavy atom. The molecule has 3 aromatic heterocycles. The number of aryl methyl sites for hydroxylation is 2. The lowest BCUT2D eigenvalue weighted by Crippen LogP contribution is -2.33. The van der Waals surface area contributed by atoms with Crippen molar-refractivity contribution in [2.45, 2.75) is 56.5 Å². The van der Waals surface area contributed by atoms with Crippen molar-refractivity contribution in [1.29, 1.82) is 0 Å². The number of anilines is 1. The first-order valence-corrected chi connectivity index (χ1v) is 14.8. The van der Waals surface area contributed by atoms with E-state index in [4.69, 9.17) is 4.98 Å². The molecule has 2 bridgehead atoms. The lowest BCUT2D eigenvalue weighted by molar-refractivity contribution is 0.0940. The Balaban J connectivity index is 0.000000237. The lowest BCUT2D eigenvalue weighted by Gasteiger charge is -2.27. The van der Waals surface area contributed by atoms with Crippen molar-refractivity contribution < 1.29 is 17.6 Å². The van der Waals surface area contributed by atoms with Crippen LogP contribution in [0.2, 0.25) is 0 Å². The Labute approximate surface area is 227 Å². The maximum Gasteiger partial charge on any atom is 0.256 e. The lowest BCUT2D eigenvalue weighted by atomic mass is 9.98. The monoisotopic (exact) mass is 550 g/mol. The normalized spacial score (nSPS) is 19.2. The van der Waals surface area contributed by atoms with E-state index in [9.17, 15) is 17.6 Å². The predicted octanol–water partition coefficient (Wildman–Crippen LogP) is 4.07. The van der Waals surface area contributed by atoms with Crippen molar-refractivity contribution in [3.05, 3.63) is 83.2 Å². The number of fused-ring (bicyclic) bond motifs is 5. The van der Waals surface area contributed by atoms with Gasteiger partial charge in [-0.1, -0.05) is 17.7 Å². The maximum atomic E-state index is 14.1. The van der Waals surface area contributed by atoms with E-state index in [1.807, 2.05) is 26.1 Å². The SMILES string of the molecule is C[C@@H]1CCc2ncc(F)cc2[C@H]2CCCN2c2ccn3ncc(c3n2)C(=O)N1.Cc1ccc(S(C)(=O)=O)cc1. The molecular weight excluding hydrogens is 519 g/mol. The van der Waals surface area contributed by atoms with Crippen molar-refractivity contribution in [3.63, 3.8) is 0 Å². The summed E-state index contributed by atoms with van der Waals surface area (Å²) in [4.78, 5) is 24.4. The molecule has 1 N–H and O–H groups in total. The Hall–Kier alpha value is -3.86. The third-order valence-corrected chi connectivity index (χ3v) is 8.24. The van der Waals surface area contributed by atoms with Crippen LogP contribution in [0.25, 0.3) is 5.65 Å². The molecule has 11 heteroatoms. The molecule has 5 heterocycles. The fourth-order valence-electron chi connectivity index (χ4n) is 5.04. The molecule has 0 aliphatic carbocycles. The van der Waals surface area contributed by atoms with Gasteiger partial charge in [-0.05, 0) is 69.4 Å². The van der Waals surface area contributed by atoms with Gasteiger partial charge in [-0.3, -0.25) is 9.78 Å². The van der Waals surface area contributed by atoms with Crippen molar-refractivity contribution in [2.24, 2.45) is 0 Å². The summed E-state index contributed by atoms with van der Waals surface area (Å²) in [6.07, 6.45) is 9.17. The van der Waals surface area contributed by atoms with Gasteiger partial charge in [0, 0.05) is 30.7 Å². The Morgan fingerprint density at radius 1 is 1.10 bits per heavy atom. The van der Waals surface area contributed by atoms with E-state index in [-0.39, 0.29) is 23.8 Å². The summed E-state index contributed by atoms with van der Waals surface area (Å²) in [5, 5.41) is 7.27. The second-order valence-electron chi connectivity index (χ2n) is 10.2. The average Bonchev–Trinajstić information content (AvgIpc) is 3.54. The van der Waals surface area contributed by atoms with Gasteiger partial charge in [0.05, 0.1) is 23.3 Å². The molecule has 204 valence electrons. The molecule has 1 saturated heterocycles. The number of nitrogens with one attached hydrogen (secondary N) is 1. The third kappa shape index (κ3) is 5.78. The fourth-order valence-corrected chi connectivity index (χ4v) is 5.67. The minimum Gasteiger partial charge on any atom is -0.349 e. The number of carbonyl (C=O) groups is 1. The number of sulfone groups is 1. The quantitative estimate of drug-likeness (QED) is 0.381. The molecule has 1 amide bonds. The summed E-state index contributed by atoms with van der Waals surface area (Å²) < 4.78 is 37.6. The van der Waals surface area contributed by atoms with Gasteiger partial charge in [0.15, 0.2) is 15.5 Å². The highest BCUT2D eigenvalue weighted by molar-refractivity contribution is 7.90. The number of amides is 1. The van der Waals surface area contributed by atoms with Gasteiger partial charge < -0.3 is 10.2 Å². The molecule has 2 aliphatic heterocycles. The highest BCUT2D eigenvalue weighted by Gasteiger charge is 2.31.